The van der Waals surface area contributed by atoms with Crippen molar-refractivity contribution in [3.8, 4) is 0 Å². The maximum absolute atomic E-state index is 5.22. The molecule has 4 nitrogen and oxygen atoms in total. The summed E-state index contributed by atoms with van der Waals surface area (Å²) in [5, 5.41) is 3.46. The average molecular weight is 215 g/mol. The zero-order valence-corrected chi connectivity index (χ0v) is 10.3. The Morgan fingerprint density at radius 2 is 1.93 bits per heavy atom. The fourth-order valence-corrected chi connectivity index (χ4v) is 2.01. The van der Waals surface area contributed by atoms with Gasteiger partial charge in [-0.25, -0.2) is 0 Å². The van der Waals surface area contributed by atoms with E-state index in [-0.39, 0.29) is 0 Å². The molecule has 1 rings (SSSR count). The molecule has 90 valence electrons. The smallest absolute Gasteiger partial charge is 0.0628 e. The molecule has 15 heavy (non-hydrogen) atoms. The second kappa shape index (κ2) is 7.17. The number of likely N-dealkylation sites (N-methyl/N-ethyl adjacent to an activating group) is 2. The zero-order chi connectivity index (χ0) is 11.1. The van der Waals surface area contributed by atoms with Gasteiger partial charge in [0, 0.05) is 45.9 Å². The third kappa shape index (κ3) is 4.93. The largest absolute Gasteiger partial charge is 0.383 e. The van der Waals surface area contributed by atoms with E-state index in [9.17, 15) is 0 Å². The maximum Gasteiger partial charge on any atom is 0.0628 e. The van der Waals surface area contributed by atoms with Gasteiger partial charge in [0.1, 0.15) is 0 Å². The van der Waals surface area contributed by atoms with Crippen LogP contribution in [0.3, 0.4) is 0 Å². The van der Waals surface area contributed by atoms with Gasteiger partial charge in [0.25, 0.3) is 0 Å². The molecule has 0 bridgehead atoms. The molecule has 0 saturated carbocycles. The molecule has 0 amide bonds. The lowest BCUT2D eigenvalue weighted by atomic mass is 10.2. The van der Waals surface area contributed by atoms with Crippen LogP contribution in [-0.4, -0.2) is 75.9 Å². The lowest BCUT2D eigenvalue weighted by molar-refractivity contribution is 0.108. The third-order valence-electron chi connectivity index (χ3n) is 2.94. The van der Waals surface area contributed by atoms with E-state index < -0.39 is 0 Å². The molecule has 0 aliphatic carbocycles. The number of rotatable bonds is 6. The van der Waals surface area contributed by atoms with E-state index in [1.165, 1.54) is 26.2 Å². The summed E-state index contributed by atoms with van der Waals surface area (Å²) < 4.78 is 5.22. The van der Waals surface area contributed by atoms with Crippen molar-refractivity contribution in [2.75, 3.05) is 60.0 Å². The SMILES string of the molecule is CCNC(COC)CN1CCN(C)CC1. The topological polar surface area (TPSA) is 27.7 Å². The van der Waals surface area contributed by atoms with Crippen molar-refractivity contribution in [3.63, 3.8) is 0 Å². The molecule has 1 unspecified atom stereocenters. The van der Waals surface area contributed by atoms with Crippen molar-refractivity contribution in [1.29, 1.82) is 0 Å². The first-order chi connectivity index (χ1) is 7.26. The highest BCUT2D eigenvalue weighted by molar-refractivity contribution is 4.75. The standard InChI is InChI=1S/C11H25N3O/c1-4-12-11(10-15-3)9-14-7-5-13(2)6-8-14/h11-12H,4-10H2,1-3H3. The number of ether oxygens (including phenoxy) is 1. The summed E-state index contributed by atoms with van der Waals surface area (Å²) in [5.41, 5.74) is 0. The summed E-state index contributed by atoms with van der Waals surface area (Å²) in [7, 11) is 3.96. The van der Waals surface area contributed by atoms with Crippen LogP contribution in [-0.2, 0) is 4.74 Å². The van der Waals surface area contributed by atoms with E-state index in [1.54, 1.807) is 7.11 Å². The van der Waals surface area contributed by atoms with E-state index >= 15 is 0 Å². The van der Waals surface area contributed by atoms with Gasteiger partial charge < -0.3 is 15.0 Å². The minimum atomic E-state index is 0.475. The first kappa shape index (κ1) is 12.9. The molecule has 1 saturated heterocycles. The van der Waals surface area contributed by atoms with E-state index in [4.69, 9.17) is 4.74 Å². The normalized spacial score (nSPS) is 21.8. The highest BCUT2D eigenvalue weighted by Gasteiger charge is 2.17. The Labute approximate surface area is 93.6 Å². The molecule has 0 spiro atoms. The van der Waals surface area contributed by atoms with Crippen LogP contribution >= 0.6 is 0 Å². The molecule has 0 radical (unpaired) electrons. The Morgan fingerprint density at radius 3 is 2.47 bits per heavy atom. The number of methoxy groups -OCH3 is 1. The van der Waals surface area contributed by atoms with Crippen LogP contribution in [0.15, 0.2) is 0 Å². The third-order valence-corrected chi connectivity index (χ3v) is 2.94. The zero-order valence-electron chi connectivity index (χ0n) is 10.3. The number of nitrogens with zero attached hydrogens (tertiary/aromatic N) is 2. The summed E-state index contributed by atoms with van der Waals surface area (Å²) in [6.45, 7) is 9.81. The molecule has 4 heteroatoms. The van der Waals surface area contributed by atoms with Crippen LogP contribution in [0.25, 0.3) is 0 Å². The van der Waals surface area contributed by atoms with Crippen molar-refractivity contribution < 1.29 is 4.74 Å². The van der Waals surface area contributed by atoms with Gasteiger partial charge in [-0.3, -0.25) is 4.90 Å². The van der Waals surface area contributed by atoms with Gasteiger partial charge in [0.2, 0.25) is 0 Å². The summed E-state index contributed by atoms with van der Waals surface area (Å²) in [5.74, 6) is 0. The number of hydrogen-bond acceptors (Lipinski definition) is 4. The molecule has 1 aliphatic rings. The van der Waals surface area contributed by atoms with E-state index in [1.807, 2.05) is 0 Å². The first-order valence-electron chi connectivity index (χ1n) is 5.89. The van der Waals surface area contributed by atoms with Crippen LogP contribution in [0, 0.1) is 0 Å². The molecule has 0 aromatic carbocycles. The predicted octanol–water partition coefficient (Wildman–Crippen LogP) is -0.142. The van der Waals surface area contributed by atoms with Crippen LogP contribution in [0.4, 0.5) is 0 Å². The minimum Gasteiger partial charge on any atom is -0.383 e. The Morgan fingerprint density at radius 1 is 1.27 bits per heavy atom. The van der Waals surface area contributed by atoms with Crippen LogP contribution in [0.1, 0.15) is 6.92 Å². The molecule has 1 atom stereocenters. The van der Waals surface area contributed by atoms with Crippen molar-refractivity contribution in [3.05, 3.63) is 0 Å². The molecule has 1 fully saturated rings. The molecule has 1 N–H and O–H groups in total. The Bertz CT molecular complexity index is 152. The molecular formula is C11H25N3O. The molecule has 1 heterocycles. The molecule has 0 aromatic rings. The first-order valence-corrected chi connectivity index (χ1v) is 5.89. The Hall–Kier alpha value is -0.160. The Balaban J connectivity index is 2.24. The van der Waals surface area contributed by atoms with Gasteiger partial charge >= 0.3 is 0 Å². The lowest BCUT2D eigenvalue weighted by Crippen LogP contribution is -2.50. The van der Waals surface area contributed by atoms with E-state index in [0.717, 1.165) is 19.7 Å². The van der Waals surface area contributed by atoms with Crippen molar-refractivity contribution in [2.45, 2.75) is 13.0 Å². The molecular weight excluding hydrogens is 190 g/mol. The number of piperazine rings is 1. The van der Waals surface area contributed by atoms with Crippen molar-refractivity contribution in [2.24, 2.45) is 0 Å². The second-order valence-electron chi connectivity index (χ2n) is 4.31. The minimum absolute atomic E-state index is 0.475. The highest BCUT2D eigenvalue weighted by Crippen LogP contribution is 2.00. The van der Waals surface area contributed by atoms with E-state index in [2.05, 4.69) is 29.1 Å². The summed E-state index contributed by atoms with van der Waals surface area (Å²) in [6.07, 6.45) is 0. The van der Waals surface area contributed by atoms with Gasteiger partial charge in [0.15, 0.2) is 0 Å². The fourth-order valence-electron chi connectivity index (χ4n) is 2.01. The fraction of sp³-hybridized carbons (Fsp3) is 1.00. The van der Waals surface area contributed by atoms with Crippen molar-refractivity contribution in [1.82, 2.24) is 15.1 Å². The Kier molecular flexibility index (Phi) is 6.17. The van der Waals surface area contributed by atoms with Gasteiger partial charge in [-0.05, 0) is 13.6 Å². The summed E-state index contributed by atoms with van der Waals surface area (Å²) >= 11 is 0. The predicted molar refractivity (Wildman–Crippen MR) is 63.3 cm³/mol. The van der Waals surface area contributed by atoms with Gasteiger partial charge in [0.05, 0.1) is 6.61 Å². The average Bonchev–Trinajstić information content (AvgIpc) is 2.22. The second-order valence-corrected chi connectivity index (χ2v) is 4.31. The highest BCUT2D eigenvalue weighted by atomic mass is 16.5. The maximum atomic E-state index is 5.22. The molecule has 1 aliphatic heterocycles. The van der Waals surface area contributed by atoms with Gasteiger partial charge in [-0.1, -0.05) is 6.92 Å². The molecule has 0 aromatic heterocycles. The van der Waals surface area contributed by atoms with Gasteiger partial charge in [-0.15, -0.1) is 0 Å². The van der Waals surface area contributed by atoms with Crippen molar-refractivity contribution >= 4 is 0 Å². The lowest BCUT2D eigenvalue weighted by Gasteiger charge is -2.34. The van der Waals surface area contributed by atoms with Crippen LogP contribution < -0.4 is 5.32 Å². The quantitative estimate of drug-likeness (QED) is 0.667. The summed E-state index contributed by atoms with van der Waals surface area (Å²) in [6, 6.07) is 0.475. The van der Waals surface area contributed by atoms with Gasteiger partial charge in [-0.2, -0.15) is 0 Å². The monoisotopic (exact) mass is 215 g/mol. The van der Waals surface area contributed by atoms with E-state index in [0.29, 0.717) is 6.04 Å². The summed E-state index contributed by atoms with van der Waals surface area (Å²) in [4.78, 5) is 4.90. The number of nitrogens with one attached hydrogen (secondary N) is 1. The number of hydrogen-bond donors (Lipinski definition) is 1. The van der Waals surface area contributed by atoms with Crippen LogP contribution in [0.2, 0.25) is 0 Å². The van der Waals surface area contributed by atoms with Crippen LogP contribution in [0.5, 0.6) is 0 Å².